The van der Waals surface area contributed by atoms with Crippen molar-refractivity contribution >= 4 is 23.0 Å². The molecule has 1 fully saturated rings. The first-order valence-electron chi connectivity index (χ1n) is 13.7. The van der Waals surface area contributed by atoms with Crippen LogP contribution in [0.15, 0.2) is 89.8 Å². The van der Waals surface area contributed by atoms with Crippen LogP contribution in [0, 0.1) is 12.3 Å². The number of rotatable bonds is 14. The monoisotopic (exact) mass is 587 g/mol. The van der Waals surface area contributed by atoms with E-state index in [0.29, 0.717) is 25.5 Å². The standard InChI is InChI=1S/C34H37NO6S/c1-5-6-9-14-24(2)19-38-22-28-31(39-20-25-15-10-7-11-16-25)34(3,40-21-26-17-12-8-13-18-26)32(41-28)30-29(35-4)27(23-42-30)33(36)37/h1,6-18,23,28,31-32,35H,19-22H2,2-4H3,(H,36,37)/b9-6-,24-14+/t28-,31-,32?,34-/m1/s1. The molecule has 1 saturated heterocycles. The Balaban J connectivity index is 1.67. The Labute approximate surface area is 251 Å². The fourth-order valence-electron chi connectivity index (χ4n) is 4.99. The normalized spacial score (nSPS) is 22.3. The molecule has 8 heteroatoms. The zero-order valence-corrected chi connectivity index (χ0v) is 24.9. The number of carbonyl (C=O) groups is 1. The molecule has 2 aromatic carbocycles. The molecule has 0 aliphatic carbocycles. The molecule has 1 aromatic heterocycles. The van der Waals surface area contributed by atoms with E-state index < -0.39 is 29.9 Å². The van der Waals surface area contributed by atoms with Crippen molar-refractivity contribution in [2.45, 2.75) is 51.0 Å². The van der Waals surface area contributed by atoms with E-state index in [1.807, 2.05) is 80.6 Å². The molecule has 0 spiro atoms. The van der Waals surface area contributed by atoms with Crippen LogP contribution in [0.1, 0.15) is 46.3 Å². The lowest BCUT2D eigenvalue weighted by molar-refractivity contribution is -0.146. The van der Waals surface area contributed by atoms with Crippen molar-refractivity contribution in [3.05, 3.63) is 111 Å². The molecular formula is C34H37NO6S. The summed E-state index contributed by atoms with van der Waals surface area (Å²) in [5, 5.41) is 14.5. The van der Waals surface area contributed by atoms with E-state index in [1.165, 1.54) is 11.3 Å². The third kappa shape index (κ3) is 7.57. The fourth-order valence-corrected chi connectivity index (χ4v) is 6.19. The van der Waals surface area contributed by atoms with Crippen LogP contribution >= 0.6 is 11.3 Å². The van der Waals surface area contributed by atoms with Crippen molar-refractivity contribution in [3.63, 3.8) is 0 Å². The van der Waals surface area contributed by atoms with E-state index in [4.69, 9.17) is 25.4 Å². The second-order valence-corrected chi connectivity index (χ2v) is 11.1. The molecule has 1 aliphatic heterocycles. The molecule has 2 N–H and O–H groups in total. The Morgan fingerprint density at radius 3 is 2.43 bits per heavy atom. The van der Waals surface area contributed by atoms with Crippen molar-refractivity contribution in [1.29, 1.82) is 0 Å². The van der Waals surface area contributed by atoms with E-state index in [1.54, 1.807) is 24.6 Å². The lowest BCUT2D eigenvalue weighted by Gasteiger charge is -2.35. The van der Waals surface area contributed by atoms with Crippen LogP contribution in [0.2, 0.25) is 0 Å². The van der Waals surface area contributed by atoms with Gasteiger partial charge in [0.2, 0.25) is 0 Å². The molecule has 4 rings (SSSR count). The Hall–Kier alpha value is -3.71. The first kappa shape index (κ1) is 31.2. The highest BCUT2D eigenvalue weighted by Gasteiger charge is 2.57. The second kappa shape index (κ2) is 15.0. The van der Waals surface area contributed by atoms with Crippen molar-refractivity contribution in [2.24, 2.45) is 0 Å². The maximum atomic E-state index is 12.0. The molecule has 0 saturated carbocycles. The molecule has 0 amide bonds. The molecule has 0 radical (unpaired) electrons. The lowest BCUT2D eigenvalue weighted by atomic mass is 9.90. The SMILES string of the molecule is C#C/C=C\C=C(/C)COC[C@H]1OC(c2scc(C(=O)O)c2NC)[C@](C)(OCc2ccccc2)[C@@H]1OCc1ccccc1. The van der Waals surface area contributed by atoms with Gasteiger partial charge in [-0.15, -0.1) is 17.8 Å². The summed E-state index contributed by atoms with van der Waals surface area (Å²) in [5.41, 5.74) is 2.74. The number of carboxylic acid groups (broad SMARTS) is 1. The third-order valence-electron chi connectivity index (χ3n) is 7.12. The number of hydrogen-bond acceptors (Lipinski definition) is 7. The highest BCUT2D eigenvalue weighted by molar-refractivity contribution is 7.11. The number of nitrogens with one attached hydrogen (secondary N) is 1. The number of carboxylic acids is 1. The fraction of sp³-hybridized carbons (Fsp3) is 0.324. The minimum absolute atomic E-state index is 0.189. The van der Waals surface area contributed by atoms with Crippen molar-refractivity contribution in [1.82, 2.24) is 0 Å². The number of benzene rings is 2. The number of aromatic carboxylic acids is 1. The molecule has 4 atom stereocenters. The van der Waals surface area contributed by atoms with Gasteiger partial charge in [0.1, 0.15) is 23.9 Å². The minimum atomic E-state index is -1.01. The molecule has 42 heavy (non-hydrogen) atoms. The van der Waals surface area contributed by atoms with Crippen molar-refractivity contribution in [2.75, 3.05) is 25.6 Å². The summed E-state index contributed by atoms with van der Waals surface area (Å²) in [6.45, 7) is 5.25. The van der Waals surface area contributed by atoms with Gasteiger partial charge in [-0.1, -0.05) is 78.7 Å². The smallest absolute Gasteiger partial charge is 0.338 e. The van der Waals surface area contributed by atoms with Crippen molar-refractivity contribution in [3.8, 4) is 12.3 Å². The number of hydrogen-bond donors (Lipinski definition) is 2. The van der Waals surface area contributed by atoms with Gasteiger partial charge < -0.3 is 29.4 Å². The summed E-state index contributed by atoms with van der Waals surface area (Å²) in [6, 6.07) is 19.8. The molecule has 1 unspecified atom stereocenters. The van der Waals surface area contributed by atoms with Crippen LogP contribution in [0.4, 0.5) is 5.69 Å². The largest absolute Gasteiger partial charge is 0.478 e. The Bertz CT molecular complexity index is 1410. The van der Waals surface area contributed by atoms with Crippen LogP contribution in [-0.4, -0.2) is 49.1 Å². The molecule has 7 nitrogen and oxygen atoms in total. The van der Waals surface area contributed by atoms with Gasteiger partial charge in [0.15, 0.2) is 0 Å². The lowest BCUT2D eigenvalue weighted by Crippen LogP contribution is -2.47. The van der Waals surface area contributed by atoms with E-state index in [-0.39, 0.29) is 12.2 Å². The first-order valence-corrected chi connectivity index (χ1v) is 14.6. The molecule has 220 valence electrons. The van der Waals surface area contributed by atoms with E-state index in [0.717, 1.165) is 21.6 Å². The third-order valence-corrected chi connectivity index (χ3v) is 8.15. The van der Waals surface area contributed by atoms with Crippen LogP contribution in [-0.2, 0) is 32.2 Å². The molecule has 1 aliphatic rings. The van der Waals surface area contributed by atoms with Crippen LogP contribution in [0.5, 0.6) is 0 Å². The van der Waals surface area contributed by atoms with Gasteiger partial charge in [0.25, 0.3) is 0 Å². The number of terminal acetylenes is 1. The zero-order valence-electron chi connectivity index (χ0n) is 24.1. The summed E-state index contributed by atoms with van der Waals surface area (Å²) < 4.78 is 26.2. The Morgan fingerprint density at radius 1 is 1.14 bits per heavy atom. The van der Waals surface area contributed by atoms with E-state index in [9.17, 15) is 9.90 Å². The van der Waals surface area contributed by atoms with Gasteiger partial charge in [-0.25, -0.2) is 4.79 Å². The van der Waals surface area contributed by atoms with E-state index >= 15 is 0 Å². The predicted molar refractivity (Wildman–Crippen MR) is 166 cm³/mol. The maximum absolute atomic E-state index is 12.0. The molecule has 3 aromatic rings. The number of allylic oxidation sites excluding steroid dienone is 3. The minimum Gasteiger partial charge on any atom is -0.478 e. The van der Waals surface area contributed by atoms with Gasteiger partial charge in [-0.05, 0) is 36.6 Å². The molecule has 0 bridgehead atoms. The molecule has 2 heterocycles. The summed E-state index contributed by atoms with van der Waals surface area (Å²) in [5.74, 6) is 1.46. The Morgan fingerprint density at radius 2 is 1.81 bits per heavy atom. The van der Waals surface area contributed by atoms with Gasteiger partial charge in [0.05, 0.1) is 42.6 Å². The van der Waals surface area contributed by atoms with Gasteiger partial charge >= 0.3 is 5.97 Å². The van der Waals surface area contributed by atoms with Gasteiger partial charge in [0, 0.05) is 12.4 Å². The van der Waals surface area contributed by atoms with Crippen LogP contribution in [0.25, 0.3) is 0 Å². The van der Waals surface area contributed by atoms with E-state index in [2.05, 4.69) is 11.2 Å². The van der Waals surface area contributed by atoms with Gasteiger partial charge in [-0.3, -0.25) is 0 Å². The average molecular weight is 588 g/mol. The average Bonchev–Trinajstić information content (AvgIpc) is 3.55. The van der Waals surface area contributed by atoms with Crippen molar-refractivity contribution < 1.29 is 28.8 Å². The quantitative estimate of drug-likeness (QED) is 0.162. The zero-order chi connectivity index (χ0) is 30.0. The van der Waals surface area contributed by atoms with Crippen LogP contribution in [0.3, 0.4) is 0 Å². The highest BCUT2D eigenvalue weighted by Crippen LogP contribution is 2.50. The summed E-state index contributed by atoms with van der Waals surface area (Å²) >= 11 is 1.33. The predicted octanol–water partition coefficient (Wildman–Crippen LogP) is 6.64. The number of thiophene rings is 1. The molecular weight excluding hydrogens is 550 g/mol. The Kier molecular flexibility index (Phi) is 11.1. The summed E-state index contributed by atoms with van der Waals surface area (Å²) in [7, 11) is 1.71. The summed E-state index contributed by atoms with van der Waals surface area (Å²) in [6.07, 6.45) is 8.99. The topological polar surface area (TPSA) is 86.3 Å². The maximum Gasteiger partial charge on any atom is 0.338 e. The van der Waals surface area contributed by atoms with Gasteiger partial charge in [-0.2, -0.15) is 0 Å². The van der Waals surface area contributed by atoms with Crippen LogP contribution < -0.4 is 5.32 Å². The number of ether oxygens (including phenoxy) is 4. The second-order valence-electron chi connectivity index (χ2n) is 10.2. The summed E-state index contributed by atoms with van der Waals surface area (Å²) in [4.78, 5) is 12.7. The first-order chi connectivity index (χ1) is 20.4. The highest BCUT2D eigenvalue weighted by atomic mass is 32.1. The number of anilines is 1.